The van der Waals surface area contributed by atoms with Crippen LogP contribution in [0.4, 0.5) is 5.69 Å². The van der Waals surface area contributed by atoms with Gasteiger partial charge in [-0.3, -0.25) is 4.79 Å². The van der Waals surface area contributed by atoms with Crippen LogP contribution >= 0.6 is 0 Å². The topological polar surface area (TPSA) is 55.6 Å². The molecule has 1 heterocycles. The van der Waals surface area contributed by atoms with E-state index in [2.05, 4.69) is 6.92 Å². The summed E-state index contributed by atoms with van der Waals surface area (Å²) in [5.41, 5.74) is 7.08. The highest BCUT2D eigenvalue weighted by molar-refractivity contribution is 5.95. The summed E-state index contributed by atoms with van der Waals surface area (Å²) in [5, 5.41) is 0. The first-order valence-corrected chi connectivity index (χ1v) is 6.93. The van der Waals surface area contributed by atoms with Crippen LogP contribution in [-0.2, 0) is 0 Å². The van der Waals surface area contributed by atoms with Crippen molar-refractivity contribution in [2.45, 2.75) is 26.7 Å². The summed E-state index contributed by atoms with van der Waals surface area (Å²) in [7, 11) is 0. The third kappa shape index (κ3) is 3.19. The molecule has 1 aromatic carbocycles. The van der Waals surface area contributed by atoms with Gasteiger partial charge in [-0.2, -0.15) is 0 Å². The number of rotatable bonds is 3. The third-order valence-corrected chi connectivity index (χ3v) is 3.50. The number of nitrogens with two attached hydrogens (primary N) is 1. The van der Waals surface area contributed by atoms with Crippen LogP contribution in [0.2, 0.25) is 0 Å². The fourth-order valence-electron chi connectivity index (χ4n) is 2.52. The van der Waals surface area contributed by atoms with Crippen LogP contribution in [0.15, 0.2) is 18.2 Å². The van der Waals surface area contributed by atoms with Crippen molar-refractivity contribution in [3.63, 3.8) is 0 Å². The van der Waals surface area contributed by atoms with Crippen molar-refractivity contribution in [2.24, 2.45) is 5.92 Å². The summed E-state index contributed by atoms with van der Waals surface area (Å²) in [6, 6.07) is 5.29. The molecule has 1 aliphatic rings. The number of hydrogen-bond acceptors (Lipinski definition) is 3. The number of piperidine rings is 1. The van der Waals surface area contributed by atoms with Crippen molar-refractivity contribution in [3.8, 4) is 5.75 Å². The monoisotopic (exact) mass is 262 g/mol. The van der Waals surface area contributed by atoms with Crippen LogP contribution in [-0.4, -0.2) is 30.5 Å². The van der Waals surface area contributed by atoms with Gasteiger partial charge in [-0.25, -0.2) is 0 Å². The lowest BCUT2D eigenvalue weighted by atomic mass is 9.99. The van der Waals surface area contributed by atoms with Crippen LogP contribution in [0.3, 0.4) is 0 Å². The molecular formula is C15H22N2O2. The highest BCUT2D eigenvalue weighted by Crippen LogP contribution is 2.24. The standard InChI is InChI=1S/C15H22N2O2/c1-3-19-14-7-6-12(9-13(14)16)15(18)17-8-4-5-11(2)10-17/h6-7,9,11H,3-5,8,10,16H2,1-2H3/t11-/m1/s1. The molecule has 0 radical (unpaired) electrons. The Morgan fingerprint density at radius 3 is 2.95 bits per heavy atom. The van der Waals surface area contributed by atoms with E-state index in [4.69, 9.17) is 10.5 Å². The van der Waals surface area contributed by atoms with Gasteiger partial charge >= 0.3 is 0 Å². The van der Waals surface area contributed by atoms with E-state index in [9.17, 15) is 4.79 Å². The van der Waals surface area contributed by atoms with Crippen molar-refractivity contribution < 1.29 is 9.53 Å². The third-order valence-electron chi connectivity index (χ3n) is 3.50. The summed E-state index contributed by atoms with van der Waals surface area (Å²) in [5.74, 6) is 1.30. The van der Waals surface area contributed by atoms with Gasteiger partial charge < -0.3 is 15.4 Å². The Hall–Kier alpha value is -1.71. The maximum absolute atomic E-state index is 12.4. The molecule has 0 aromatic heterocycles. The van der Waals surface area contributed by atoms with Gasteiger partial charge in [-0.15, -0.1) is 0 Å². The highest BCUT2D eigenvalue weighted by atomic mass is 16.5. The second-order valence-electron chi connectivity index (χ2n) is 5.18. The van der Waals surface area contributed by atoms with Crippen LogP contribution in [0.5, 0.6) is 5.75 Å². The first-order chi connectivity index (χ1) is 9.11. The van der Waals surface area contributed by atoms with Gasteiger partial charge in [0.15, 0.2) is 0 Å². The summed E-state index contributed by atoms with van der Waals surface area (Å²) in [6.07, 6.45) is 2.29. The zero-order chi connectivity index (χ0) is 13.8. The predicted octanol–water partition coefficient (Wildman–Crippen LogP) is 2.54. The number of benzene rings is 1. The predicted molar refractivity (Wildman–Crippen MR) is 76.3 cm³/mol. The molecule has 2 rings (SSSR count). The molecule has 19 heavy (non-hydrogen) atoms. The Labute approximate surface area is 114 Å². The maximum Gasteiger partial charge on any atom is 0.253 e. The van der Waals surface area contributed by atoms with E-state index in [1.165, 1.54) is 6.42 Å². The summed E-state index contributed by atoms with van der Waals surface area (Å²) in [4.78, 5) is 14.3. The second-order valence-corrected chi connectivity index (χ2v) is 5.18. The van der Waals surface area contributed by atoms with Crippen LogP contribution in [0.1, 0.15) is 37.0 Å². The van der Waals surface area contributed by atoms with Crippen LogP contribution in [0, 0.1) is 5.92 Å². The quantitative estimate of drug-likeness (QED) is 0.852. The molecule has 4 heteroatoms. The Morgan fingerprint density at radius 1 is 1.53 bits per heavy atom. The number of nitrogens with zero attached hydrogens (tertiary/aromatic N) is 1. The molecule has 104 valence electrons. The number of anilines is 1. The van der Waals surface area contributed by atoms with Crippen LogP contribution in [0.25, 0.3) is 0 Å². The molecule has 2 N–H and O–H groups in total. The Morgan fingerprint density at radius 2 is 2.32 bits per heavy atom. The molecule has 0 aliphatic carbocycles. The molecular weight excluding hydrogens is 240 g/mol. The molecule has 1 aliphatic heterocycles. The van der Waals surface area contributed by atoms with E-state index in [0.29, 0.717) is 29.5 Å². The van der Waals surface area contributed by atoms with Crippen molar-refractivity contribution in [1.82, 2.24) is 4.90 Å². The molecule has 4 nitrogen and oxygen atoms in total. The zero-order valence-corrected chi connectivity index (χ0v) is 11.7. The molecule has 0 saturated carbocycles. The maximum atomic E-state index is 12.4. The first kappa shape index (κ1) is 13.7. The minimum absolute atomic E-state index is 0.0706. The zero-order valence-electron chi connectivity index (χ0n) is 11.7. The van der Waals surface area contributed by atoms with Crippen LogP contribution < -0.4 is 10.5 Å². The lowest BCUT2D eigenvalue weighted by Crippen LogP contribution is -2.39. The second kappa shape index (κ2) is 5.95. The molecule has 1 atom stereocenters. The molecule has 1 fully saturated rings. The normalized spacial score (nSPS) is 19.3. The van der Waals surface area contributed by atoms with E-state index in [-0.39, 0.29) is 5.91 Å². The SMILES string of the molecule is CCOc1ccc(C(=O)N2CCC[C@@H](C)C2)cc1N. The van der Waals surface area contributed by atoms with Crippen molar-refractivity contribution in [3.05, 3.63) is 23.8 Å². The first-order valence-electron chi connectivity index (χ1n) is 6.93. The van der Waals surface area contributed by atoms with Gasteiger partial charge in [0.25, 0.3) is 5.91 Å². The molecule has 1 amide bonds. The van der Waals surface area contributed by atoms with Gasteiger partial charge in [-0.05, 0) is 43.9 Å². The number of hydrogen-bond donors (Lipinski definition) is 1. The van der Waals surface area contributed by atoms with Gasteiger partial charge in [0.2, 0.25) is 0 Å². The smallest absolute Gasteiger partial charge is 0.253 e. The fraction of sp³-hybridized carbons (Fsp3) is 0.533. The molecule has 0 unspecified atom stereocenters. The lowest BCUT2D eigenvalue weighted by molar-refractivity contribution is 0.0683. The van der Waals surface area contributed by atoms with E-state index >= 15 is 0 Å². The Balaban J connectivity index is 2.12. The Bertz CT molecular complexity index is 459. The van der Waals surface area contributed by atoms with Crippen molar-refractivity contribution in [1.29, 1.82) is 0 Å². The molecule has 1 aromatic rings. The number of carbonyl (C=O) groups excluding carboxylic acids is 1. The summed E-state index contributed by atoms with van der Waals surface area (Å²) >= 11 is 0. The fourth-order valence-corrected chi connectivity index (χ4v) is 2.52. The van der Waals surface area contributed by atoms with Gasteiger partial charge in [-0.1, -0.05) is 6.92 Å². The number of amides is 1. The van der Waals surface area contributed by atoms with Gasteiger partial charge in [0, 0.05) is 18.7 Å². The number of nitrogen functional groups attached to an aromatic ring is 1. The van der Waals surface area contributed by atoms with Gasteiger partial charge in [0.1, 0.15) is 5.75 Å². The van der Waals surface area contributed by atoms with Crippen molar-refractivity contribution in [2.75, 3.05) is 25.4 Å². The largest absolute Gasteiger partial charge is 0.492 e. The van der Waals surface area contributed by atoms with E-state index in [1.807, 2.05) is 11.8 Å². The van der Waals surface area contributed by atoms with E-state index in [1.54, 1.807) is 18.2 Å². The molecule has 1 saturated heterocycles. The lowest BCUT2D eigenvalue weighted by Gasteiger charge is -2.31. The number of ether oxygens (including phenoxy) is 1. The molecule has 0 spiro atoms. The summed E-state index contributed by atoms with van der Waals surface area (Å²) < 4.78 is 5.38. The van der Waals surface area contributed by atoms with Crippen molar-refractivity contribution >= 4 is 11.6 Å². The highest BCUT2D eigenvalue weighted by Gasteiger charge is 2.22. The number of likely N-dealkylation sites (tertiary alicyclic amines) is 1. The average molecular weight is 262 g/mol. The molecule has 0 bridgehead atoms. The number of carbonyl (C=O) groups is 1. The van der Waals surface area contributed by atoms with Gasteiger partial charge in [0.05, 0.1) is 12.3 Å². The van der Waals surface area contributed by atoms with E-state index < -0.39 is 0 Å². The average Bonchev–Trinajstić information content (AvgIpc) is 2.40. The minimum Gasteiger partial charge on any atom is -0.492 e. The summed E-state index contributed by atoms with van der Waals surface area (Å²) in [6.45, 7) is 6.35. The Kier molecular flexibility index (Phi) is 4.30. The minimum atomic E-state index is 0.0706. The van der Waals surface area contributed by atoms with E-state index in [0.717, 1.165) is 19.5 Å².